The van der Waals surface area contributed by atoms with Gasteiger partial charge in [-0.05, 0) is 31.5 Å². The zero-order valence-corrected chi connectivity index (χ0v) is 8.45. The van der Waals surface area contributed by atoms with Crippen LogP contribution in [-0.2, 0) is 11.2 Å². The summed E-state index contributed by atoms with van der Waals surface area (Å²) in [7, 11) is 0. The fraction of sp³-hybridized carbons (Fsp3) is 0.400. The maximum atomic E-state index is 11.6. The van der Waals surface area contributed by atoms with E-state index < -0.39 is 5.54 Å². The molecule has 0 unspecified atom stereocenters. The average molecular weight is 193 g/mol. The molecular formula is C10H15N3O. The number of hydrogen-bond donors (Lipinski definition) is 2. The highest BCUT2D eigenvalue weighted by Gasteiger charge is 2.21. The van der Waals surface area contributed by atoms with E-state index in [2.05, 4.69) is 4.98 Å². The van der Waals surface area contributed by atoms with Crippen molar-refractivity contribution in [3.8, 4) is 0 Å². The Morgan fingerprint density at radius 2 is 2.21 bits per heavy atom. The third kappa shape index (κ3) is 2.81. The number of Topliss-reactive ketones (excluding diaryl/α,β-unsaturated/α-hetero) is 1. The average Bonchev–Trinajstić information content (AvgIpc) is 2.02. The first kappa shape index (κ1) is 10.7. The Morgan fingerprint density at radius 3 is 2.71 bits per heavy atom. The number of ketones is 1. The van der Waals surface area contributed by atoms with Gasteiger partial charge in [0, 0.05) is 12.6 Å². The van der Waals surface area contributed by atoms with Crippen molar-refractivity contribution in [2.75, 3.05) is 5.73 Å². The fourth-order valence-corrected chi connectivity index (χ4v) is 1.02. The van der Waals surface area contributed by atoms with Gasteiger partial charge in [0.2, 0.25) is 0 Å². The van der Waals surface area contributed by atoms with Gasteiger partial charge in [-0.3, -0.25) is 4.79 Å². The number of nitrogens with two attached hydrogens (primary N) is 2. The van der Waals surface area contributed by atoms with Crippen LogP contribution >= 0.6 is 0 Å². The van der Waals surface area contributed by atoms with Crippen molar-refractivity contribution in [3.05, 3.63) is 23.9 Å². The van der Waals surface area contributed by atoms with Crippen molar-refractivity contribution < 1.29 is 4.79 Å². The molecule has 1 aromatic rings. The quantitative estimate of drug-likeness (QED) is 0.732. The number of carbonyl (C=O) groups excluding carboxylic acids is 1. The Balaban J connectivity index is 2.75. The summed E-state index contributed by atoms with van der Waals surface area (Å²) in [5.74, 6) is 0.410. The van der Waals surface area contributed by atoms with Crippen LogP contribution in [0.1, 0.15) is 19.4 Å². The smallest absolute Gasteiger partial charge is 0.156 e. The molecule has 0 saturated heterocycles. The predicted molar refractivity (Wildman–Crippen MR) is 55.6 cm³/mol. The molecule has 4 heteroatoms. The van der Waals surface area contributed by atoms with E-state index in [1.807, 2.05) is 0 Å². The molecule has 0 radical (unpaired) electrons. The Morgan fingerprint density at radius 1 is 1.57 bits per heavy atom. The second kappa shape index (κ2) is 3.75. The molecule has 0 aliphatic carbocycles. The van der Waals surface area contributed by atoms with Crippen LogP contribution in [0.2, 0.25) is 0 Å². The minimum atomic E-state index is -0.794. The predicted octanol–water partition coefficient (Wildman–Crippen LogP) is 0.513. The van der Waals surface area contributed by atoms with Crippen LogP contribution in [0, 0.1) is 0 Å². The van der Waals surface area contributed by atoms with Crippen LogP contribution in [0.25, 0.3) is 0 Å². The molecule has 0 aromatic carbocycles. The van der Waals surface area contributed by atoms with E-state index in [0.29, 0.717) is 12.2 Å². The molecule has 4 nitrogen and oxygen atoms in total. The zero-order valence-electron chi connectivity index (χ0n) is 8.45. The molecule has 0 bridgehead atoms. The van der Waals surface area contributed by atoms with Gasteiger partial charge in [0.25, 0.3) is 0 Å². The Labute approximate surface area is 83.3 Å². The molecule has 1 rings (SSSR count). The minimum Gasteiger partial charge on any atom is -0.384 e. The number of nitrogen functional groups attached to an aromatic ring is 1. The fourth-order valence-electron chi connectivity index (χ4n) is 1.02. The summed E-state index contributed by atoms with van der Waals surface area (Å²) in [5, 5.41) is 0. The summed E-state index contributed by atoms with van der Waals surface area (Å²) in [6.07, 6.45) is 1.89. The van der Waals surface area contributed by atoms with Crippen LogP contribution in [0.5, 0.6) is 0 Å². The Kier molecular flexibility index (Phi) is 2.86. The first-order valence-corrected chi connectivity index (χ1v) is 4.42. The molecular weight excluding hydrogens is 178 g/mol. The van der Waals surface area contributed by atoms with E-state index in [1.54, 1.807) is 32.2 Å². The summed E-state index contributed by atoms with van der Waals surface area (Å²) >= 11 is 0. The highest BCUT2D eigenvalue weighted by atomic mass is 16.1. The van der Waals surface area contributed by atoms with Crippen LogP contribution < -0.4 is 11.5 Å². The second-order valence-corrected chi connectivity index (χ2v) is 3.91. The molecule has 0 aliphatic heterocycles. The number of anilines is 1. The van der Waals surface area contributed by atoms with Gasteiger partial charge < -0.3 is 11.5 Å². The van der Waals surface area contributed by atoms with E-state index >= 15 is 0 Å². The van der Waals surface area contributed by atoms with Crippen molar-refractivity contribution in [3.63, 3.8) is 0 Å². The first-order chi connectivity index (χ1) is 6.39. The molecule has 1 heterocycles. The lowest BCUT2D eigenvalue weighted by Gasteiger charge is -2.16. The standard InChI is InChI=1S/C10H15N3O/c1-10(2,12)8(14)5-7-3-4-13-9(11)6-7/h3-4,6H,5,12H2,1-2H3,(H2,11,13). The van der Waals surface area contributed by atoms with Crippen molar-refractivity contribution in [1.29, 1.82) is 0 Å². The number of aromatic nitrogens is 1. The number of pyridine rings is 1. The highest BCUT2D eigenvalue weighted by Crippen LogP contribution is 2.08. The number of rotatable bonds is 3. The van der Waals surface area contributed by atoms with Gasteiger partial charge in [0.15, 0.2) is 5.78 Å². The summed E-state index contributed by atoms with van der Waals surface area (Å²) < 4.78 is 0. The lowest BCUT2D eigenvalue weighted by molar-refractivity contribution is -0.122. The van der Waals surface area contributed by atoms with Gasteiger partial charge in [0.05, 0.1) is 5.54 Å². The van der Waals surface area contributed by atoms with Gasteiger partial charge in [-0.15, -0.1) is 0 Å². The minimum absolute atomic E-state index is 0.0110. The van der Waals surface area contributed by atoms with E-state index in [0.717, 1.165) is 5.56 Å². The lowest BCUT2D eigenvalue weighted by atomic mass is 9.95. The van der Waals surface area contributed by atoms with Crippen molar-refractivity contribution in [2.45, 2.75) is 25.8 Å². The first-order valence-electron chi connectivity index (χ1n) is 4.42. The summed E-state index contributed by atoms with van der Waals surface area (Å²) in [5.41, 5.74) is 11.2. The third-order valence-corrected chi connectivity index (χ3v) is 1.93. The number of carbonyl (C=O) groups is 1. The molecule has 0 aliphatic rings. The van der Waals surface area contributed by atoms with Gasteiger partial charge in [0.1, 0.15) is 5.82 Å². The molecule has 0 saturated carbocycles. The monoisotopic (exact) mass is 193 g/mol. The number of nitrogens with zero attached hydrogens (tertiary/aromatic N) is 1. The maximum Gasteiger partial charge on any atom is 0.156 e. The Bertz CT molecular complexity index is 341. The topological polar surface area (TPSA) is 82.0 Å². The van der Waals surface area contributed by atoms with Gasteiger partial charge in [-0.1, -0.05) is 0 Å². The highest BCUT2D eigenvalue weighted by molar-refractivity contribution is 5.89. The van der Waals surface area contributed by atoms with Crippen LogP contribution in [0.3, 0.4) is 0 Å². The largest absolute Gasteiger partial charge is 0.384 e. The van der Waals surface area contributed by atoms with Crippen molar-refractivity contribution in [1.82, 2.24) is 4.98 Å². The van der Waals surface area contributed by atoms with E-state index in [1.165, 1.54) is 0 Å². The third-order valence-electron chi connectivity index (χ3n) is 1.93. The summed E-state index contributed by atoms with van der Waals surface area (Å²) in [4.78, 5) is 15.4. The van der Waals surface area contributed by atoms with Crippen LogP contribution in [-0.4, -0.2) is 16.3 Å². The second-order valence-electron chi connectivity index (χ2n) is 3.91. The normalized spacial score (nSPS) is 11.4. The summed E-state index contributed by atoms with van der Waals surface area (Å²) in [6, 6.07) is 3.45. The summed E-state index contributed by atoms with van der Waals surface area (Å²) in [6.45, 7) is 3.39. The van der Waals surface area contributed by atoms with E-state index in [-0.39, 0.29) is 5.78 Å². The molecule has 0 atom stereocenters. The lowest BCUT2D eigenvalue weighted by Crippen LogP contribution is -2.42. The van der Waals surface area contributed by atoms with Crippen LogP contribution in [0.4, 0.5) is 5.82 Å². The molecule has 0 fully saturated rings. The van der Waals surface area contributed by atoms with Crippen LogP contribution in [0.15, 0.2) is 18.3 Å². The molecule has 14 heavy (non-hydrogen) atoms. The maximum absolute atomic E-state index is 11.6. The van der Waals surface area contributed by atoms with Gasteiger partial charge in [-0.2, -0.15) is 0 Å². The van der Waals surface area contributed by atoms with Gasteiger partial charge >= 0.3 is 0 Å². The van der Waals surface area contributed by atoms with Gasteiger partial charge in [-0.25, -0.2) is 4.98 Å². The zero-order chi connectivity index (χ0) is 10.8. The molecule has 0 spiro atoms. The van der Waals surface area contributed by atoms with Crippen molar-refractivity contribution in [2.24, 2.45) is 5.73 Å². The molecule has 0 amide bonds. The Hall–Kier alpha value is -1.42. The molecule has 4 N–H and O–H groups in total. The van der Waals surface area contributed by atoms with E-state index in [9.17, 15) is 4.79 Å². The molecule has 1 aromatic heterocycles. The van der Waals surface area contributed by atoms with E-state index in [4.69, 9.17) is 11.5 Å². The number of hydrogen-bond acceptors (Lipinski definition) is 4. The van der Waals surface area contributed by atoms with Crippen molar-refractivity contribution >= 4 is 11.6 Å². The molecule has 76 valence electrons. The SMILES string of the molecule is CC(C)(N)C(=O)Cc1ccnc(N)c1.